The number of anilines is 2. The molecule has 11 heteroatoms. The highest BCUT2D eigenvalue weighted by atomic mass is 79.9. The summed E-state index contributed by atoms with van der Waals surface area (Å²) in [6.07, 6.45) is 0.130. The van der Waals surface area contributed by atoms with Gasteiger partial charge in [-0.2, -0.15) is 0 Å². The predicted molar refractivity (Wildman–Crippen MR) is 92.8 cm³/mol. The third kappa shape index (κ3) is 5.16. The van der Waals surface area contributed by atoms with Gasteiger partial charge in [0.05, 0.1) is 17.9 Å². The van der Waals surface area contributed by atoms with Crippen LogP contribution in [0.4, 0.5) is 24.7 Å². The predicted octanol–water partition coefficient (Wildman–Crippen LogP) is 2.33. The minimum absolute atomic E-state index is 0.119. The van der Waals surface area contributed by atoms with Crippen molar-refractivity contribution in [1.29, 1.82) is 0 Å². The number of pyridine rings is 1. The molecule has 1 amide bonds. The van der Waals surface area contributed by atoms with E-state index >= 15 is 0 Å². The van der Waals surface area contributed by atoms with Crippen molar-refractivity contribution in [3.63, 3.8) is 0 Å². The number of nitrogens with zero attached hydrogens (tertiary/aromatic N) is 1. The summed E-state index contributed by atoms with van der Waals surface area (Å²) in [5, 5.41) is 20.3. The van der Waals surface area contributed by atoms with E-state index in [2.05, 4.69) is 31.1 Å². The fourth-order valence-electron chi connectivity index (χ4n) is 2.00. The van der Waals surface area contributed by atoms with Gasteiger partial charge in [-0.05, 0) is 40.5 Å². The molecule has 1 unspecified atom stereocenters. The number of aliphatic hydroxyl groups is 2. The average molecular weight is 450 g/mol. The van der Waals surface area contributed by atoms with Gasteiger partial charge in [0.2, 0.25) is 0 Å². The minimum atomic E-state index is -1.76. The minimum Gasteiger partial charge on any atom is -0.394 e. The summed E-state index contributed by atoms with van der Waals surface area (Å²) >= 11 is 3.21. The zero-order chi connectivity index (χ0) is 20.1. The summed E-state index contributed by atoms with van der Waals surface area (Å²) in [5.74, 6) is -5.93. The lowest BCUT2D eigenvalue weighted by Crippen LogP contribution is -2.30. The molecule has 1 atom stereocenters. The van der Waals surface area contributed by atoms with Crippen molar-refractivity contribution in [2.45, 2.75) is 13.0 Å². The normalized spacial score (nSPS) is 12.0. The van der Waals surface area contributed by atoms with Gasteiger partial charge in [-0.3, -0.25) is 9.63 Å². The second-order valence-corrected chi connectivity index (χ2v) is 6.35. The number of aryl methyl sites for hydroxylation is 1. The fourth-order valence-corrected chi connectivity index (χ4v) is 2.44. The maximum Gasteiger partial charge on any atom is 0.277 e. The number of rotatable bonds is 7. The van der Waals surface area contributed by atoms with Crippen molar-refractivity contribution in [3.8, 4) is 0 Å². The molecule has 4 N–H and O–H groups in total. The molecule has 7 nitrogen and oxygen atoms in total. The molecule has 0 aliphatic heterocycles. The average Bonchev–Trinajstić information content (AvgIpc) is 2.63. The van der Waals surface area contributed by atoms with Crippen LogP contribution in [0.1, 0.15) is 15.9 Å². The van der Waals surface area contributed by atoms with E-state index in [1.165, 1.54) is 6.20 Å². The SMILES string of the molecule is Cc1cc(Br)cnc1Nc1c(C(=O)NOCC(O)CO)cc(F)c(F)c1F. The zero-order valence-electron chi connectivity index (χ0n) is 13.9. The molecule has 1 aromatic heterocycles. The summed E-state index contributed by atoms with van der Waals surface area (Å²) in [6, 6.07) is 2.14. The molecule has 1 heterocycles. The number of hydroxylamine groups is 1. The summed E-state index contributed by atoms with van der Waals surface area (Å²) in [7, 11) is 0. The highest BCUT2D eigenvalue weighted by Crippen LogP contribution is 2.29. The van der Waals surface area contributed by atoms with E-state index in [1.807, 2.05) is 5.48 Å². The van der Waals surface area contributed by atoms with Crippen LogP contribution in [0.15, 0.2) is 22.8 Å². The number of nitrogens with one attached hydrogen (secondary N) is 2. The van der Waals surface area contributed by atoms with E-state index in [0.717, 1.165) is 0 Å². The van der Waals surface area contributed by atoms with Crippen LogP contribution in [0, 0.1) is 24.4 Å². The first-order valence-electron chi connectivity index (χ1n) is 7.52. The Bertz CT molecular complexity index is 854. The van der Waals surface area contributed by atoms with Gasteiger partial charge < -0.3 is 15.5 Å². The standard InChI is InChI=1S/C16H15BrF3N3O4/c1-7-2-8(17)4-21-15(7)22-14-10(3-11(18)12(19)13(14)20)16(26)23-27-6-9(25)5-24/h2-4,9,24-25H,5-6H2,1H3,(H,21,22)(H,23,26). The number of amides is 1. The molecule has 0 saturated carbocycles. The van der Waals surface area contributed by atoms with E-state index < -0.39 is 53.9 Å². The number of hydrogen-bond donors (Lipinski definition) is 4. The van der Waals surface area contributed by atoms with Gasteiger partial charge >= 0.3 is 0 Å². The molecule has 0 saturated heterocycles. The Morgan fingerprint density at radius 3 is 2.67 bits per heavy atom. The quantitative estimate of drug-likeness (QED) is 0.382. The first-order chi connectivity index (χ1) is 12.7. The maximum absolute atomic E-state index is 14.3. The number of carbonyl (C=O) groups excluding carboxylic acids is 1. The second kappa shape index (κ2) is 9.13. The number of aliphatic hydroxyl groups excluding tert-OH is 2. The third-order valence-electron chi connectivity index (χ3n) is 3.35. The molecule has 0 radical (unpaired) electrons. The first-order valence-corrected chi connectivity index (χ1v) is 8.31. The number of carbonyl (C=O) groups is 1. The van der Waals surface area contributed by atoms with Crippen LogP contribution in [0.25, 0.3) is 0 Å². The summed E-state index contributed by atoms with van der Waals surface area (Å²) in [5.41, 5.74) is 1.17. The van der Waals surface area contributed by atoms with Gasteiger partial charge in [-0.15, -0.1) is 0 Å². The van der Waals surface area contributed by atoms with Gasteiger partial charge in [0.1, 0.15) is 18.5 Å². The molecule has 0 fully saturated rings. The largest absolute Gasteiger partial charge is 0.394 e. The number of aromatic nitrogens is 1. The molecule has 1 aromatic carbocycles. The van der Waals surface area contributed by atoms with Crippen molar-refractivity contribution in [2.24, 2.45) is 0 Å². The summed E-state index contributed by atoms with van der Waals surface area (Å²) in [6.45, 7) is 0.554. The van der Waals surface area contributed by atoms with Crippen LogP contribution in [0.5, 0.6) is 0 Å². The van der Waals surface area contributed by atoms with Gasteiger partial charge in [0.25, 0.3) is 5.91 Å². The topological polar surface area (TPSA) is 104 Å². The lowest BCUT2D eigenvalue weighted by atomic mass is 10.1. The molecular formula is C16H15BrF3N3O4. The molecule has 146 valence electrons. The van der Waals surface area contributed by atoms with E-state index in [1.54, 1.807) is 13.0 Å². The van der Waals surface area contributed by atoms with Crippen LogP contribution in [0.3, 0.4) is 0 Å². The third-order valence-corrected chi connectivity index (χ3v) is 3.78. The van der Waals surface area contributed by atoms with E-state index in [4.69, 9.17) is 10.2 Å². The highest BCUT2D eigenvalue weighted by Gasteiger charge is 2.24. The van der Waals surface area contributed by atoms with Gasteiger partial charge in [-0.1, -0.05) is 0 Å². The lowest BCUT2D eigenvalue weighted by Gasteiger charge is -2.15. The van der Waals surface area contributed by atoms with E-state index in [0.29, 0.717) is 16.1 Å². The Kier molecular flexibility index (Phi) is 7.13. The van der Waals surface area contributed by atoms with Crippen LogP contribution in [-0.4, -0.2) is 40.4 Å². The smallest absolute Gasteiger partial charge is 0.277 e. The Morgan fingerprint density at radius 2 is 2.04 bits per heavy atom. The van der Waals surface area contributed by atoms with Crippen LogP contribution in [0.2, 0.25) is 0 Å². The molecule has 0 bridgehead atoms. The molecule has 0 aliphatic rings. The van der Waals surface area contributed by atoms with E-state index in [-0.39, 0.29) is 5.82 Å². The summed E-state index contributed by atoms with van der Waals surface area (Å²) < 4.78 is 42.2. The number of halogens is 4. The Balaban J connectivity index is 2.34. The van der Waals surface area contributed by atoms with Crippen molar-refractivity contribution in [2.75, 3.05) is 18.5 Å². The number of benzene rings is 1. The molecule has 2 aromatic rings. The molecule has 0 spiro atoms. The van der Waals surface area contributed by atoms with Crippen molar-refractivity contribution in [3.05, 3.63) is 51.4 Å². The number of hydrogen-bond acceptors (Lipinski definition) is 6. The van der Waals surface area contributed by atoms with Gasteiger partial charge in [-0.25, -0.2) is 23.6 Å². The van der Waals surface area contributed by atoms with Crippen LogP contribution >= 0.6 is 15.9 Å². The Morgan fingerprint density at radius 1 is 1.33 bits per heavy atom. The van der Waals surface area contributed by atoms with E-state index in [9.17, 15) is 18.0 Å². The first kappa shape index (κ1) is 21.1. The summed E-state index contributed by atoms with van der Waals surface area (Å²) in [4.78, 5) is 20.8. The Hall–Kier alpha value is -2.21. The van der Waals surface area contributed by atoms with Gasteiger partial charge in [0.15, 0.2) is 17.5 Å². The van der Waals surface area contributed by atoms with Crippen molar-refractivity contribution >= 4 is 33.3 Å². The second-order valence-electron chi connectivity index (χ2n) is 5.43. The molecular weight excluding hydrogens is 435 g/mol. The Labute approximate surface area is 160 Å². The fraction of sp³-hybridized carbons (Fsp3) is 0.250. The highest BCUT2D eigenvalue weighted by molar-refractivity contribution is 9.10. The van der Waals surface area contributed by atoms with Gasteiger partial charge in [0, 0.05) is 10.7 Å². The van der Waals surface area contributed by atoms with Crippen LogP contribution in [-0.2, 0) is 4.84 Å². The van der Waals surface area contributed by atoms with Crippen LogP contribution < -0.4 is 10.8 Å². The molecule has 27 heavy (non-hydrogen) atoms. The zero-order valence-corrected chi connectivity index (χ0v) is 15.5. The monoisotopic (exact) mass is 449 g/mol. The lowest BCUT2D eigenvalue weighted by molar-refractivity contribution is -0.0295. The maximum atomic E-state index is 14.3. The van der Waals surface area contributed by atoms with Crippen molar-refractivity contribution < 1.29 is 33.0 Å². The molecule has 2 rings (SSSR count). The van der Waals surface area contributed by atoms with Crippen molar-refractivity contribution in [1.82, 2.24) is 10.5 Å². The molecule has 0 aliphatic carbocycles.